The highest BCUT2D eigenvalue weighted by Gasteiger charge is 2.54. The number of methoxy groups -OCH3 is 1. The summed E-state index contributed by atoms with van der Waals surface area (Å²) in [5, 5.41) is 0. The van der Waals surface area contributed by atoms with Gasteiger partial charge in [0.05, 0.1) is 20.1 Å². The van der Waals surface area contributed by atoms with Gasteiger partial charge in [0, 0.05) is 25.9 Å². The van der Waals surface area contributed by atoms with Crippen molar-refractivity contribution in [3.8, 4) is 16.9 Å². The third-order valence-electron chi connectivity index (χ3n) is 9.89. The number of fused-ring (bicyclic) bond motifs is 1. The molecule has 5 heteroatoms. The molecule has 0 heterocycles. The van der Waals surface area contributed by atoms with Crippen molar-refractivity contribution in [3.05, 3.63) is 87.5 Å². The van der Waals surface area contributed by atoms with E-state index < -0.39 is 0 Å². The summed E-state index contributed by atoms with van der Waals surface area (Å²) in [4.78, 5) is 25.7. The van der Waals surface area contributed by atoms with Gasteiger partial charge in [0.15, 0.2) is 0 Å². The van der Waals surface area contributed by atoms with E-state index in [1.54, 1.807) is 4.90 Å². The van der Waals surface area contributed by atoms with Gasteiger partial charge >= 0.3 is 5.97 Å². The van der Waals surface area contributed by atoms with Crippen molar-refractivity contribution in [2.45, 2.75) is 85.0 Å². The van der Waals surface area contributed by atoms with Crippen molar-refractivity contribution < 1.29 is 19.1 Å². The molecule has 1 spiro atoms. The lowest BCUT2D eigenvalue weighted by Gasteiger charge is -2.19. The number of benzene rings is 3. The molecule has 3 aromatic rings. The molecule has 3 aromatic carbocycles. The van der Waals surface area contributed by atoms with E-state index in [0.717, 1.165) is 31.4 Å². The first-order valence-corrected chi connectivity index (χ1v) is 15.9. The largest absolute Gasteiger partial charge is 0.494 e. The van der Waals surface area contributed by atoms with Crippen LogP contribution < -0.4 is 4.74 Å². The van der Waals surface area contributed by atoms with E-state index >= 15 is 0 Å². The van der Waals surface area contributed by atoms with Gasteiger partial charge in [-0.25, -0.2) is 0 Å². The maximum Gasteiger partial charge on any atom is 0.306 e. The Morgan fingerprint density at radius 1 is 1.00 bits per heavy atom. The molecule has 1 atom stereocenters. The van der Waals surface area contributed by atoms with Crippen LogP contribution >= 0.6 is 0 Å². The molecule has 0 N–H and O–H groups in total. The van der Waals surface area contributed by atoms with E-state index in [4.69, 9.17) is 9.47 Å². The van der Waals surface area contributed by atoms with Gasteiger partial charge in [0.1, 0.15) is 5.75 Å². The Morgan fingerprint density at radius 3 is 2.42 bits per heavy atom. The molecule has 228 valence electrons. The second-order valence-corrected chi connectivity index (χ2v) is 12.8. The number of esters is 1. The van der Waals surface area contributed by atoms with Crippen molar-refractivity contribution >= 4 is 11.9 Å². The minimum absolute atomic E-state index is 0.0965. The number of amides is 1. The Bertz CT molecular complexity index is 1480. The fourth-order valence-electron chi connectivity index (χ4n) is 7.22. The van der Waals surface area contributed by atoms with Crippen LogP contribution in [0.15, 0.2) is 48.5 Å². The van der Waals surface area contributed by atoms with E-state index in [0.29, 0.717) is 37.3 Å². The lowest BCUT2D eigenvalue weighted by molar-refractivity contribution is -0.141. The molecule has 43 heavy (non-hydrogen) atoms. The molecule has 0 aliphatic heterocycles. The fraction of sp³-hybridized carbons (Fsp3) is 0.474. The smallest absolute Gasteiger partial charge is 0.306 e. The Labute approximate surface area is 257 Å². The number of nitrogens with zero attached hydrogens (tertiary/aromatic N) is 1. The maximum atomic E-state index is 12.1. The van der Waals surface area contributed by atoms with Crippen molar-refractivity contribution in [2.24, 2.45) is 5.41 Å². The number of carbonyl (C=O) groups is 2. The van der Waals surface area contributed by atoms with Crippen molar-refractivity contribution in [1.29, 1.82) is 0 Å². The first kappa shape index (κ1) is 30.8. The molecule has 1 fully saturated rings. The number of hydrogen-bond donors (Lipinski definition) is 0. The standard InChI is InChI=1S/C38H47NO4/c1-7-35(40)39(5)18-9-19-43-31-20-25(2)37(26(3)21-31)32-11-8-10-29(27(32)4)14-12-28-13-15-33-30(22-28)24-38(16-17-38)34(33)23-36(41)42-6/h8,10-11,13,15,20-22,34H,7,9,12,14,16-19,23-24H2,1-6H3. The summed E-state index contributed by atoms with van der Waals surface area (Å²) in [6.45, 7) is 9.76. The summed E-state index contributed by atoms with van der Waals surface area (Å²) in [6, 6.07) is 17.9. The van der Waals surface area contributed by atoms with Gasteiger partial charge in [-0.3, -0.25) is 9.59 Å². The summed E-state index contributed by atoms with van der Waals surface area (Å²) < 4.78 is 11.1. The maximum absolute atomic E-state index is 12.1. The second kappa shape index (κ2) is 13.0. The molecule has 0 bridgehead atoms. The Hall–Kier alpha value is -3.60. The first-order valence-electron chi connectivity index (χ1n) is 15.9. The fourth-order valence-corrected chi connectivity index (χ4v) is 7.22. The average Bonchev–Trinajstić information content (AvgIpc) is 3.70. The molecule has 0 aromatic heterocycles. The van der Waals surface area contributed by atoms with Gasteiger partial charge in [-0.05, 0) is 127 Å². The second-order valence-electron chi connectivity index (χ2n) is 12.8. The highest BCUT2D eigenvalue weighted by Crippen LogP contribution is 2.64. The quantitative estimate of drug-likeness (QED) is 0.163. The minimum atomic E-state index is -0.0965. The van der Waals surface area contributed by atoms with Crippen LogP contribution in [0.1, 0.15) is 83.9 Å². The molecule has 2 aliphatic carbocycles. The van der Waals surface area contributed by atoms with Crippen LogP contribution in [-0.2, 0) is 33.6 Å². The average molecular weight is 582 g/mol. The topological polar surface area (TPSA) is 55.8 Å². The predicted molar refractivity (Wildman–Crippen MR) is 173 cm³/mol. The summed E-state index contributed by atoms with van der Waals surface area (Å²) in [5.41, 5.74) is 12.2. The molecule has 5 rings (SSSR count). The summed E-state index contributed by atoms with van der Waals surface area (Å²) >= 11 is 0. The van der Waals surface area contributed by atoms with Crippen LogP contribution in [0.25, 0.3) is 11.1 Å². The van der Waals surface area contributed by atoms with E-state index in [1.165, 1.54) is 70.0 Å². The summed E-state index contributed by atoms with van der Waals surface area (Å²) in [6.07, 6.45) is 7.36. The van der Waals surface area contributed by atoms with E-state index in [1.807, 2.05) is 14.0 Å². The van der Waals surface area contributed by atoms with Crippen LogP contribution in [0.2, 0.25) is 0 Å². The van der Waals surface area contributed by atoms with E-state index in [-0.39, 0.29) is 11.9 Å². The summed E-state index contributed by atoms with van der Waals surface area (Å²) in [7, 11) is 3.34. The molecule has 2 aliphatic rings. The number of ether oxygens (including phenoxy) is 2. The van der Waals surface area contributed by atoms with Crippen molar-refractivity contribution in [1.82, 2.24) is 4.90 Å². The van der Waals surface area contributed by atoms with Crippen LogP contribution in [0.4, 0.5) is 0 Å². The molecule has 0 radical (unpaired) electrons. The normalized spacial score (nSPS) is 16.2. The Balaban J connectivity index is 1.25. The van der Waals surface area contributed by atoms with E-state index in [9.17, 15) is 9.59 Å². The molecular weight excluding hydrogens is 534 g/mol. The third kappa shape index (κ3) is 6.66. The molecule has 0 saturated heterocycles. The van der Waals surface area contributed by atoms with Gasteiger partial charge < -0.3 is 14.4 Å². The van der Waals surface area contributed by atoms with E-state index in [2.05, 4.69) is 69.3 Å². The van der Waals surface area contributed by atoms with Gasteiger partial charge in [-0.15, -0.1) is 0 Å². The monoisotopic (exact) mass is 581 g/mol. The zero-order chi connectivity index (χ0) is 30.7. The van der Waals surface area contributed by atoms with Crippen LogP contribution in [0.3, 0.4) is 0 Å². The van der Waals surface area contributed by atoms with Gasteiger partial charge in [0.25, 0.3) is 0 Å². The SMILES string of the molecule is CCC(=O)N(C)CCCOc1cc(C)c(-c2cccc(CCc3ccc4c(c3)CC3(CC3)C4CC(=O)OC)c2C)c(C)c1. The number of rotatable bonds is 12. The van der Waals surface area contributed by atoms with Gasteiger partial charge in [-0.1, -0.05) is 43.3 Å². The predicted octanol–water partition coefficient (Wildman–Crippen LogP) is 7.68. The summed E-state index contributed by atoms with van der Waals surface area (Å²) in [5.74, 6) is 1.26. The molecule has 1 unspecified atom stereocenters. The van der Waals surface area contributed by atoms with Gasteiger partial charge in [-0.2, -0.15) is 0 Å². The lowest BCUT2D eigenvalue weighted by Crippen LogP contribution is -2.27. The zero-order valence-electron chi connectivity index (χ0n) is 26.8. The van der Waals surface area contributed by atoms with Crippen LogP contribution in [0, 0.1) is 26.2 Å². The Kier molecular flexibility index (Phi) is 9.29. The van der Waals surface area contributed by atoms with Crippen molar-refractivity contribution in [3.63, 3.8) is 0 Å². The highest BCUT2D eigenvalue weighted by atomic mass is 16.5. The number of aryl methyl sites for hydroxylation is 4. The highest BCUT2D eigenvalue weighted by molar-refractivity contribution is 5.76. The van der Waals surface area contributed by atoms with Crippen molar-refractivity contribution in [2.75, 3.05) is 27.3 Å². The zero-order valence-corrected chi connectivity index (χ0v) is 26.8. The first-order chi connectivity index (χ1) is 20.7. The van der Waals surface area contributed by atoms with Crippen LogP contribution in [0.5, 0.6) is 5.75 Å². The van der Waals surface area contributed by atoms with Gasteiger partial charge in [0.2, 0.25) is 5.91 Å². The molecule has 1 amide bonds. The third-order valence-corrected chi connectivity index (χ3v) is 9.89. The molecule has 5 nitrogen and oxygen atoms in total. The lowest BCUT2D eigenvalue weighted by atomic mass is 9.86. The number of hydrogen-bond acceptors (Lipinski definition) is 4. The van der Waals surface area contributed by atoms with Crippen LogP contribution in [-0.4, -0.2) is 44.1 Å². The molecule has 1 saturated carbocycles. The molecular formula is C38H47NO4. The minimum Gasteiger partial charge on any atom is -0.494 e. The Morgan fingerprint density at radius 2 is 1.74 bits per heavy atom. The number of carbonyl (C=O) groups excluding carboxylic acids is 2.